The Hall–Kier alpha value is -0.370. The molecule has 0 aromatic heterocycles. The lowest BCUT2D eigenvalue weighted by Crippen LogP contribution is -2.45. The Bertz CT molecular complexity index is 140. The summed E-state index contributed by atoms with van der Waals surface area (Å²) in [7, 11) is 0. The highest BCUT2D eigenvalue weighted by Crippen LogP contribution is 2.30. The van der Waals surface area contributed by atoms with E-state index in [2.05, 4.69) is 0 Å². The average molecular weight is 144 g/mol. The summed E-state index contributed by atoms with van der Waals surface area (Å²) in [6.45, 7) is 8.48. The Morgan fingerprint density at radius 2 is 1.50 bits per heavy atom. The van der Waals surface area contributed by atoms with Gasteiger partial charge in [-0.25, -0.2) is 0 Å². The Kier molecular flexibility index (Phi) is 2.26. The molecule has 0 radical (unpaired) electrons. The fraction of sp³-hybridized carbons (Fsp3) is 0.875. The number of Topliss-reactive ketones (excluding diaryl/α,β-unsaturated/α-hetero) is 1. The Morgan fingerprint density at radius 3 is 1.50 bits per heavy atom. The van der Waals surface area contributed by atoms with Crippen LogP contribution in [0.1, 0.15) is 34.6 Å². The highest BCUT2D eigenvalue weighted by atomic mass is 16.3. The summed E-state index contributed by atoms with van der Waals surface area (Å²) < 4.78 is 0. The van der Waals surface area contributed by atoms with Crippen molar-refractivity contribution < 1.29 is 9.90 Å². The maximum absolute atomic E-state index is 10.9. The lowest BCUT2D eigenvalue weighted by molar-refractivity contribution is -0.144. The molecule has 0 amide bonds. The molecule has 0 saturated heterocycles. The Morgan fingerprint density at radius 1 is 1.20 bits per heavy atom. The van der Waals surface area contributed by atoms with Crippen LogP contribution in [0.2, 0.25) is 0 Å². The zero-order valence-electron chi connectivity index (χ0n) is 7.36. The molecule has 0 aliphatic carbocycles. The second-order valence-corrected chi connectivity index (χ2v) is 3.88. The number of hydrogen-bond donors (Lipinski definition) is 1. The van der Waals surface area contributed by atoms with Gasteiger partial charge in [0.25, 0.3) is 0 Å². The topological polar surface area (TPSA) is 37.3 Å². The number of carbonyl (C=O) groups excluding carboxylic acids is 1. The van der Waals surface area contributed by atoms with E-state index in [9.17, 15) is 9.90 Å². The van der Waals surface area contributed by atoms with Crippen LogP contribution in [0.15, 0.2) is 0 Å². The summed E-state index contributed by atoms with van der Waals surface area (Å²) in [5.74, 6) is -0.181. The van der Waals surface area contributed by atoms with Gasteiger partial charge in [-0.1, -0.05) is 20.8 Å². The molecule has 10 heavy (non-hydrogen) atoms. The summed E-state index contributed by atoms with van der Waals surface area (Å²) in [5.41, 5.74) is -1.58. The zero-order valence-corrected chi connectivity index (χ0v) is 7.36. The highest BCUT2D eigenvalue weighted by Gasteiger charge is 2.39. The van der Waals surface area contributed by atoms with E-state index in [4.69, 9.17) is 0 Å². The highest BCUT2D eigenvalue weighted by molar-refractivity contribution is 5.85. The van der Waals surface area contributed by atoms with E-state index in [1.54, 1.807) is 6.92 Å². The van der Waals surface area contributed by atoms with Crippen molar-refractivity contribution in [2.75, 3.05) is 0 Å². The lowest BCUT2D eigenvalue weighted by Gasteiger charge is -2.34. The van der Waals surface area contributed by atoms with Crippen molar-refractivity contribution >= 4 is 5.78 Å². The average Bonchev–Trinajstić information content (AvgIpc) is 1.62. The first-order valence-corrected chi connectivity index (χ1v) is 3.43. The van der Waals surface area contributed by atoms with E-state index >= 15 is 0 Å². The molecule has 0 heterocycles. The van der Waals surface area contributed by atoms with E-state index in [0.29, 0.717) is 0 Å². The van der Waals surface area contributed by atoms with Crippen LogP contribution < -0.4 is 0 Å². The van der Waals surface area contributed by atoms with Gasteiger partial charge in [0.2, 0.25) is 0 Å². The summed E-state index contributed by atoms with van der Waals surface area (Å²) in [4.78, 5) is 10.9. The first kappa shape index (κ1) is 9.63. The van der Waals surface area contributed by atoms with Crippen LogP contribution in [-0.4, -0.2) is 16.5 Å². The molecule has 0 spiro atoms. The number of carbonyl (C=O) groups is 1. The van der Waals surface area contributed by atoms with Gasteiger partial charge in [0.05, 0.1) is 0 Å². The van der Waals surface area contributed by atoms with Crippen LogP contribution >= 0.6 is 0 Å². The molecule has 0 aliphatic rings. The number of rotatable bonds is 1. The van der Waals surface area contributed by atoms with Gasteiger partial charge in [-0.05, 0) is 19.3 Å². The van der Waals surface area contributed by atoms with Crippen molar-refractivity contribution in [1.82, 2.24) is 0 Å². The standard InChI is InChI=1S/C8H16O2/c1-6(9)8(5,10)7(2,3)4/h10H,1-5H3/t8-/m1/s1. The largest absolute Gasteiger partial charge is 0.382 e. The van der Waals surface area contributed by atoms with Gasteiger partial charge < -0.3 is 5.11 Å². The summed E-state index contributed by atoms with van der Waals surface area (Å²) in [5, 5.41) is 9.58. The van der Waals surface area contributed by atoms with Crippen molar-refractivity contribution in [2.24, 2.45) is 5.41 Å². The molecule has 1 N–H and O–H groups in total. The third-order valence-electron chi connectivity index (χ3n) is 2.15. The molecule has 2 nitrogen and oxygen atoms in total. The predicted octanol–water partition coefficient (Wildman–Crippen LogP) is 1.37. The molecular formula is C8H16O2. The normalized spacial score (nSPS) is 18.2. The van der Waals surface area contributed by atoms with Crippen LogP contribution in [0.4, 0.5) is 0 Å². The number of hydrogen-bond acceptors (Lipinski definition) is 2. The van der Waals surface area contributed by atoms with E-state index in [1.165, 1.54) is 6.92 Å². The van der Waals surface area contributed by atoms with Crippen LogP contribution in [0.25, 0.3) is 0 Å². The van der Waals surface area contributed by atoms with Crippen molar-refractivity contribution in [3.63, 3.8) is 0 Å². The van der Waals surface area contributed by atoms with Crippen molar-refractivity contribution in [3.8, 4) is 0 Å². The fourth-order valence-corrected chi connectivity index (χ4v) is 0.528. The molecule has 0 aromatic carbocycles. The van der Waals surface area contributed by atoms with E-state index in [1.807, 2.05) is 20.8 Å². The minimum Gasteiger partial charge on any atom is -0.382 e. The molecule has 0 bridgehead atoms. The molecule has 60 valence electrons. The second-order valence-electron chi connectivity index (χ2n) is 3.88. The first-order chi connectivity index (χ1) is 4.19. The van der Waals surface area contributed by atoms with E-state index in [0.717, 1.165) is 0 Å². The van der Waals surface area contributed by atoms with Crippen molar-refractivity contribution in [3.05, 3.63) is 0 Å². The molecule has 0 saturated carbocycles. The van der Waals surface area contributed by atoms with Crippen molar-refractivity contribution in [1.29, 1.82) is 0 Å². The first-order valence-electron chi connectivity index (χ1n) is 3.43. The van der Waals surface area contributed by atoms with Crippen LogP contribution in [0.5, 0.6) is 0 Å². The van der Waals surface area contributed by atoms with Gasteiger partial charge in [-0.15, -0.1) is 0 Å². The van der Waals surface area contributed by atoms with Gasteiger partial charge in [0.1, 0.15) is 5.60 Å². The summed E-state index contributed by atoms with van der Waals surface area (Å²) in [6.07, 6.45) is 0. The molecule has 2 heteroatoms. The molecule has 1 atom stereocenters. The van der Waals surface area contributed by atoms with Crippen LogP contribution in [0.3, 0.4) is 0 Å². The smallest absolute Gasteiger partial charge is 0.161 e. The molecule has 0 aliphatic heterocycles. The second kappa shape index (κ2) is 2.35. The lowest BCUT2D eigenvalue weighted by atomic mass is 9.76. The molecular weight excluding hydrogens is 128 g/mol. The van der Waals surface area contributed by atoms with Gasteiger partial charge in [0.15, 0.2) is 5.78 Å². The number of ketones is 1. The van der Waals surface area contributed by atoms with Gasteiger partial charge in [-0.3, -0.25) is 4.79 Å². The minimum atomic E-state index is -1.20. The molecule has 0 aromatic rings. The van der Waals surface area contributed by atoms with Crippen LogP contribution in [-0.2, 0) is 4.79 Å². The van der Waals surface area contributed by atoms with Crippen molar-refractivity contribution in [2.45, 2.75) is 40.2 Å². The monoisotopic (exact) mass is 144 g/mol. The molecule has 0 unspecified atom stereocenters. The van der Waals surface area contributed by atoms with E-state index < -0.39 is 5.60 Å². The Labute approximate surface area is 62.2 Å². The zero-order chi connectivity index (χ0) is 8.58. The SMILES string of the molecule is CC(=O)[C@@](C)(O)C(C)(C)C. The van der Waals surface area contributed by atoms with Gasteiger partial charge in [-0.2, -0.15) is 0 Å². The van der Waals surface area contributed by atoms with Gasteiger partial charge in [0, 0.05) is 0 Å². The fourth-order valence-electron chi connectivity index (χ4n) is 0.528. The molecule has 0 rings (SSSR count). The quantitative estimate of drug-likeness (QED) is 0.603. The Balaban J connectivity index is 4.57. The third-order valence-corrected chi connectivity index (χ3v) is 2.15. The molecule has 0 fully saturated rings. The predicted molar refractivity (Wildman–Crippen MR) is 40.8 cm³/mol. The summed E-state index contributed by atoms with van der Waals surface area (Å²) >= 11 is 0. The van der Waals surface area contributed by atoms with E-state index in [-0.39, 0.29) is 11.2 Å². The third kappa shape index (κ3) is 1.57. The minimum absolute atomic E-state index is 0.181. The maximum atomic E-state index is 10.9. The summed E-state index contributed by atoms with van der Waals surface area (Å²) in [6, 6.07) is 0. The van der Waals surface area contributed by atoms with Crippen LogP contribution in [0, 0.1) is 5.41 Å². The maximum Gasteiger partial charge on any atom is 0.161 e. The van der Waals surface area contributed by atoms with Gasteiger partial charge >= 0.3 is 0 Å². The number of aliphatic hydroxyl groups is 1.